The highest BCUT2D eigenvalue weighted by Gasteiger charge is 2.38. The third kappa shape index (κ3) is 17.1. The van der Waals surface area contributed by atoms with Crippen LogP contribution in [-0.4, -0.2) is 98.4 Å². The molecule has 4 aliphatic heterocycles. The van der Waals surface area contributed by atoms with Gasteiger partial charge in [-0.25, -0.2) is 39.0 Å². The predicted molar refractivity (Wildman–Crippen MR) is 492 cm³/mol. The minimum Gasteiger partial charge on any atom is -0.482 e. The highest BCUT2D eigenvalue weighted by molar-refractivity contribution is 5.78. The highest BCUT2D eigenvalue weighted by Crippen LogP contribution is 2.47. The van der Waals surface area contributed by atoms with Gasteiger partial charge in [-0.3, -0.25) is 19.0 Å². The van der Waals surface area contributed by atoms with Gasteiger partial charge in [0.2, 0.25) is 0 Å². The molecule has 133 heavy (non-hydrogen) atoms. The lowest BCUT2D eigenvalue weighted by Crippen LogP contribution is -2.19. The van der Waals surface area contributed by atoms with Gasteiger partial charge in [-0.15, -0.1) is 5.10 Å². The van der Waals surface area contributed by atoms with Crippen LogP contribution in [0.1, 0.15) is 199 Å². The quantitative estimate of drug-likeness (QED) is 0.116. The van der Waals surface area contributed by atoms with Crippen molar-refractivity contribution in [3.63, 3.8) is 0 Å². The molecule has 8 N–H and O–H groups in total. The number of fused-ring (bicyclic) bond motifs is 28. The second kappa shape index (κ2) is 35.1. The largest absolute Gasteiger partial charge is 0.482 e. The van der Waals surface area contributed by atoms with E-state index in [9.17, 15) is 27.2 Å². The number of halogens is 5. The summed E-state index contributed by atoms with van der Waals surface area (Å²) in [5.41, 5.74) is 48.8. The molecule has 16 aromatic rings. The zero-order valence-corrected chi connectivity index (χ0v) is 74.8. The first-order valence-corrected chi connectivity index (χ1v) is 44.2. The molecule has 12 aromatic heterocycles. The van der Waals surface area contributed by atoms with Crippen molar-refractivity contribution in [2.75, 3.05) is 22.9 Å². The molecule has 4 atom stereocenters. The summed E-state index contributed by atoms with van der Waals surface area (Å²) in [6, 6.07) is 39.3. The van der Waals surface area contributed by atoms with Crippen molar-refractivity contribution in [3.05, 3.63) is 272 Å². The van der Waals surface area contributed by atoms with Crippen molar-refractivity contribution in [2.45, 2.75) is 176 Å². The molecule has 2 aliphatic carbocycles. The van der Waals surface area contributed by atoms with Crippen LogP contribution in [0.4, 0.5) is 45.2 Å². The average Bonchev–Trinajstić information content (AvgIpc) is 1.74. The molecule has 29 nitrogen and oxygen atoms in total. The van der Waals surface area contributed by atoms with E-state index in [1.165, 1.54) is 22.9 Å². The van der Waals surface area contributed by atoms with Crippen molar-refractivity contribution in [1.29, 1.82) is 5.26 Å². The van der Waals surface area contributed by atoms with Crippen LogP contribution in [0.3, 0.4) is 0 Å². The van der Waals surface area contributed by atoms with Gasteiger partial charge in [0, 0.05) is 172 Å². The Balaban J connectivity index is 0.000000114. The Labute approximate surface area is 762 Å². The first kappa shape index (κ1) is 86.9. The number of aryl methyl sites for hydroxylation is 6. The van der Waals surface area contributed by atoms with Crippen LogP contribution in [0.15, 0.2) is 177 Å². The number of hydrogen-bond donors (Lipinski definition) is 4. The van der Waals surface area contributed by atoms with E-state index < -0.39 is 30.6 Å². The summed E-state index contributed by atoms with van der Waals surface area (Å²) in [6.45, 7) is 17.1. The predicted octanol–water partition coefficient (Wildman–Crippen LogP) is 19.3. The Morgan fingerprint density at radius 3 is 1.65 bits per heavy atom. The van der Waals surface area contributed by atoms with E-state index in [2.05, 4.69) is 122 Å². The van der Waals surface area contributed by atoms with Gasteiger partial charge in [0.05, 0.1) is 76.2 Å². The first-order valence-electron chi connectivity index (χ1n) is 44.2. The number of pyridine rings is 5. The topological polar surface area (TPSA) is 367 Å². The average molecular weight is 1800 g/mol. The molecule has 0 radical (unpaired) electrons. The Bertz CT molecular complexity index is 7220. The van der Waals surface area contributed by atoms with Gasteiger partial charge in [0.15, 0.2) is 52.0 Å². The van der Waals surface area contributed by atoms with Crippen molar-refractivity contribution < 1.29 is 40.9 Å². The van der Waals surface area contributed by atoms with Crippen LogP contribution < -0.4 is 41.9 Å². The van der Waals surface area contributed by atoms with E-state index in [0.717, 1.165) is 149 Å². The molecule has 8 bridgehead atoms. The maximum absolute atomic E-state index is 13.8. The molecule has 6 aliphatic rings. The van der Waals surface area contributed by atoms with Gasteiger partial charge in [-0.05, 0) is 148 Å². The molecule has 4 unspecified atom stereocenters. The number of hydrogen-bond acceptors (Lipinski definition) is 22. The van der Waals surface area contributed by atoms with Crippen molar-refractivity contribution >= 4 is 23.3 Å². The second-order valence-electron chi connectivity index (χ2n) is 34.7. The van der Waals surface area contributed by atoms with Gasteiger partial charge in [-0.1, -0.05) is 100 Å². The zero-order valence-electron chi connectivity index (χ0n) is 74.8. The molecule has 16 heterocycles. The minimum absolute atomic E-state index is 0.103. The fourth-order valence-corrected chi connectivity index (χ4v) is 18.1. The van der Waals surface area contributed by atoms with Gasteiger partial charge in [0.25, 0.3) is 0 Å². The van der Waals surface area contributed by atoms with Crippen LogP contribution in [0.5, 0.6) is 23.0 Å². The number of nitrogens with zero attached hydrogens (tertiary/aromatic N) is 21. The number of anilines is 4. The van der Waals surface area contributed by atoms with E-state index in [0.29, 0.717) is 135 Å². The van der Waals surface area contributed by atoms with Crippen LogP contribution >= 0.6 is 0 Å². The van der Waals surface area contributed by atoms with E-state index in [1.807, 2.05) is 137 Å². The molecule has 2 saturated carbocycles. The number of alkyl halides is 5. The SMILES string of the molecule is CCn1ncc2c1-c1cnc(N)c(c1)OC(C)c1cc(C)ccc1-c1nn(C(F)F)cc1C2.Cc1ccc2c(c1)C(C)Oc1cc(cnc1N)-c1c(cnn1C1CCC1)Cn1ccnc1-2.Cc1ccc2c(c1)C(C)Oc1cc(cnc1N)-c1c(nn(C)c1C#N)Cc1cccnc1-2.Cc1ccc2c(c1)C(C)Oc1cc(cnc1N)-c1c(nnn1CC1CC1)Cc1cc(C(F)(F)F)nn1-2. The summed E-state index contributed by atoms with van der Waals surface area (Å²) in [5, 5.41) is 40.8. The summed E-state index contributed by atoms with van der Waals surface area (Å²) < 4.78 is 106. The number of nitrogens with two attached hydrogens (primary N) is 4. The molecule has 0 spiro atoms. The number of imidazole rings is 1. The van der Waals surface area contributed by atoms with E-state index in [1.54, 1.807) is 54.8 Å². The number of rotatable bonds is 5. The van der Waals surface area contributed by atoms with Crippen LogP contribution in [0, 0.1) is 44.9 Å². The van der Waals surface area contributed by atoms with Gasteiger partial charge >= 0.3 is 12.7 Å². The van der Waals surface area contributed by atoms with E-state index in [4.69, 9.17) is 56.9 Å². The summed E-state index contributed by atoms with van der Waals surface area (Å²) >= 11 is 0. The van der Waals surface area contributed by atoms with Crippen molar-refractivity contribution in [2.24, 2.45) is 13.0 Å². The third-order valence-electron chi connectivity index (χ3n) is 25.2. The smallest absolute Gasteiger partial charge is 0.435 e. The summed E-state index contributed by atoms with van der Waals surface area (Å²) in [6.07, 6.45) is 18.4. The monoisotopic (exact) mass is 1790 g/mol. The number of benzene rings is 4. The van der Waals surface area contributed by atoms with Crippen molar-refractivity contribution in [1.82, 2.24) is 98.4 Å². The van der Waals surface area contributed by atoms with Crippen LogP contribution in [0.2, 0.25) is 0 Å². The fourth-order valence-electron chi connectivity index (χ4n) is 18.1. The summed E-state index contributed by atoms with van der Waals surface area (Å²) in [4.78, 5) is 27.0. The lowest BCUT2D eigenvalue weighted by atomic mass is 9.92. The number of nitrogen functional groups attached to an aromatic ring is 4. The Morgan fingerprint density at radius 1 is 0.526 bits per heavy atom. The molecule has 2 fully saturated rings. The van der Waals surface area contributed by atoms with E-state index >= 15 is 0 Å². The number of nitriles is 1. The number of ether oxygens (including phenoxy) is 4. The second-order valence-corrected chi connectivity index (χ2v) is 34.7. The van der Waals surface area contributed by atoms with E-state index in [-0.39, 0.29) is 30.3 Å². The Kier molecular flexibility index (Phi) is 22.9. The molecule has 22 rings (SSSR count). The van der Waals surface area contributed by atoms with Gasteiger partial charge < -0.3 is 46.4 Å². The number of aromatic nitrogens is 20. The molecule has 0 saturated heterocycles. The van der Waals surface area contributed by atoms with Crippen LogP contribution in [-0.2, 0) is 52.1 Å². The highest BCUT2D eigenvalue weighted by atomic mass is 19.4. The summed E-state index contributed by atoms with van der Waals surface area (Å²) in [7, 11) is 1.77. The van der Waals surface area contributed by atoms with Crippen molar-refractivity contribution in [3.8, 4) is 114 Å². The first-order chi connectivity index (χ1) is 64.1. The van der Waals surface area contributed by atoms with Crippen LogP contribution in [0.25, 0.3) is 84.5 Å². The molecule has 676 valence electrons. The zero-order chi connectivity index (χ0) is 92.7. The lowest BCUT2D eigenvalue weighted by molar-refractivity contribution is -0.141. The Hall–Kier alpha value is -15.4. The molecular formula is C99H96F5N25O4. The summed E-state index contributed by atoms with van der Waals surface area (Å²) in [5.74, 6) is 4.54. The molecule has 0 amide bonds. The maximum Gasteiger partial charge on any atom is 0.435 e. The van der Waals surface area contributed by atoms with Gasteiger partial charge in [0.1, 0.15) is 42.0 Å². The standard InChI is InChI=1S/C25H24F3N7O.C25H26N6O.C25H22N6O.C24H24F2N6O/c1-13-3-6-20-18(7-13)14(2)36-21-8-16(11-30-24(21)29)23-19(31-33-34(23)12-15-4-5-15)9-17-10-22(25(26,27)28)32-35(17)20;1-15-6-7-20-21(10-15)16(2)32-22-11-17(12-28-24(22)26)23-18(14-30-9-8-27-25(20)30)13-29-31(23)19-4-3-5-19;1-14-6-7-18-19(9-14)15(2)32-22-11-17(13-29-25(22)27)23-20(30-31(3)21(23)12-26)10-16-5-4-8-28-24(16)18;1-4-31-22-15(11-29-31)8-17-12-32(24(25)26)30-21(17)18-6-5-13(2)7-19(18)14(3)33-20-9-16(22)10-28-23(20)27/h3,6-8,10-11,14-15H,4-5,9,12H2,1-2H3,(H2,29,30);6-13,16,19H,3-5,14H2,1-2H3,(H2,26,28);4-9,11,13,15H,10H2,1-3H3,(H2,27,29);5-7,9-12,14,24H,4,8H2,1-3H3,(H2,27,28). The fraction of sp³-hybridized carbons (Fsp3) is 0.293. The lowest BCUT2D eigenvalue weighted by Gasteiger charge is -2.28. The van der Waals surface area contributed by atoms with Gasteiger partial charge in [-0.2, -0.15) is 52.7 Å². The minimum atomic E-state index is -4.60. The normalized spacial score (nSPS) is 16.2. The molecular weight excluding hydrogens is 1700 g/mol. The molecule has 34 heteroatoms. The molecule has 4 aromatic carbocycles. The third-order valence-corrected chi connectivity index (χ3v) is 25.2. The Morgan fingerprint density at radius 2 is 1.08 bits per heavy atom. The maximum atomic E-state index is 13.8.